The molecular formula is C28H16S2. The highest BCUT2D eigenvalue weighted by Gasteiger charge is 2.21. The molecule has 0 bridgehead atoms. The van der Waals surface area contributed by atoms with Gasteiger partial charge in [0, 0.05) is 53.0 Å². The van der Waals surface area contributed by atoms with E-state index >= 15 is 0 Å². The first-order chi connectivity index (χ1) is 14.9. The van der Waals surface area contributed by atoms with Crippen molar-refractivity contribution in [3.05, 3.63) is 131 Å². The van der Waals surface area contributed by atoms with E-state index in [1.165, 1.54) is 41.8 Å². The fourth-order valence-electron chi connectivity index (χ4n) is 3.97. The van der Waals surface area contributed by atoms with Crippen molar-refractivity contribution in [2.45, 2.75) is 19.6 Å². The molecule has 0 saturated heterocycles. The van der Waals surface area contributed by atoms with Crippen molar-refractivity contribution >= 4 is 34.7 Å². The summed E-state index contributed by atoms with van der Waals surface area (Å²) in [6.45, 7) is 0. The Bertz CT molecular complexity index is 1210. The van der Waals surface area contributed by atoms with E-state index in [9.17, 15) is 0 Å². The van der Waals surface area contributed by atoms with Gasteiger partial charge in [0.05, 0.1) is 0 Å². The van der Waals surface area contributed by atoms with E-state index in [0.717, 1.165) is 11.1 Å². The van der Waals surface area contributed by atoms with Gasteiger partial charge in [0.1, 0.15) is 0 Å². The lowest BCUT2D eigenvalue weighted by molar-refractivity contribution is 1.29. The summed E-state index contributed by atoms with van der Waals surface area (Å²) in [6, 6.07) is 34.3. The third kappa shape index (κ3) is 2.91. The van der Waals surface area contributed by atoms with Crippen molar-refractivity contribution in [3.63, 3.8) is 0 Å². The molecule has 2 aliphatic heterocycles. The maximum absolute atomic E-state index is 3.59. The molecule has 0 spiro atoms. The van der Waals surface area contributed by atoms with Crippen LogP contribution in [0.4, 0.5) is 0 Å². The topological polar surface area (TPSA) is 0 Å². The minimum Gasteiger partial charge on any atom is -0.0887 e. The molecule has 0 nitrogen and oxygen atoms in total. The summed E-state index contributed by atoms with van der Waals surface area (Å²) in [5.41, 5.74) is 14.3. The highest BCUT2D eigenvalue weighted by Crippen LogP contribution is 2.46. The molecule has 0 aliphatic carbocycles. The van der Waals surface area contributed by atoms with Gasteiger partial charge in [0.15, 0.2) is 0 Å². The van der Waals surface area contributed by atoms with Crippen molar-refractivity contribution in [3.8, 4) is 0 Å². The van der Waals surface area contributed by atoms with Crippen LogP contribution in [0.1, 0.15) is 22.3 Å². The zero-order chi connectivity index (χ0) is 19.9. The number of benzene rings is 4. The molecule has 140 valence electrons. The van der Waals surface area contributed by atoms with E-state index < -0.39 is 0 Å². The van der Waals surface area contributed by atoms with E-state index in [4.69, 9.17) is 0 Å². The van der Waals surface area contributed by atoms with Crippen molar-refractivity contribution in [1.82, 2.24) is 0 Å². The van der Waals surface area contributed by atoms with Crippen molar-refractivity contribution in [2.75, 3.05) is 0 Å². The van der Waals surface area contributed by atoms with Crippen LogP contribution in [0.3, 0.4) is 0 Å². The molecule has 2 heterocycles. The minimum atomic E-state index is 1.11. The summed E-state index contributed by atoms with van der Waals surface area (Å²) in [4.78, 5) is 5.08. The Balaban J connectivity index is 1.70. The predicted octanol–water partition coefficient (Wildman–Crippen LogP) is 7.93. The molecule has 0 aromatic heterocycles. The molecule has 4 aromatic carbocycles. The molecule has 0 radical (unpaired) electrons. The van der Waals surface area contributed by atoms with Gasteiger partial charge in [-0.25, -0.2) is 0 Å². The molecule has 30 heavy (non-hydrogen) atoms. The molecule has 0 N–H and O–H groups in total. The van der Waals surface area contributed by atoms with Gasteiger partial charge in [-0.2, -0.15) is 0 Å². The highest BCUT2D eigenvalue weighted by atomic mass is 32.2. The number of fused-ring (bicyclic) bond motifs is 4. The van der Waals surface area contributed by atoms with Crippen molar-refractivity contribution in [2.24, 2.45) is 0 Å². The van der Waals surface area contributed by atoms with Gasteiger partial charge in [-0.1, -0.05) is 108 Å². The summed E-state index contributed by atoms with van der Waals surface area (Å²) in [5, 5.41) is 0. The molecule has 4 aromatic rings. The minimum absolute atomic E-state index is 1.11. The molecule has 2 aliphatic rings. The van der Waals surface area contributed by atoms with E-state index in [1.54, 1.807) is 0 Å². The Morgan fingerprint density at radius 2 is 0.633 bits per heavy atom. The van der Waals surface area contributed by atoms with Crippen LogP contribution in [0.5, 0.6) is 0 Å². The smallest absolute Gasteiger partial charge is 0.0416 e. The SMILES string of the molecule is C(=C=C1c2ccccc2Sc2ccccc21)=C1c2ccccc2Sc2ccccc21. The first kappa shape index (κ1) is 17.7. The molecule has 0 atom stereocenters. The molecular weight excluding hydrogens is 400 g/mol. The average molecular weight is 417 g/mol. The Morgan fingerprint density at radius 1 is 0.367 bits per heavy atom. The zero-order valence-electron chi connectivity index (χ0n) is 16.1. The fourth-order valence-corrected chi connectivity index (χ4v) is 6.15. The van der Waals surface area contributed by atoms with Gasteiger partial charge < -0.3 is 0 Å². The Morgan fingerprint density at radius 3 is 0.933 bits per heavy atom. The van der Waals surface area contributed by atoms with Crippen LogP contribution in [-0.2, 0) is 0 Å². The van der Waals surface area contributed by atoms with Crippen LogP contribution in [0.25, 0.3) is 11.1 Å². The Hall–Kier alpha value is -3.12. The molecule has 0 fully saturated rings. The monoisotopic (exact) mass is 416 g/mol. The van der Waals surface area contributed by atoms with Gasteiger partial charge >= 0.3 is 0 Å². The Labute approximate surface area is 184 Å². The van der Waals surface area contributed by atoms with Crippen LogP contribution >= 0.6 is 23.5 Å². The maximum atomic E-state index is 3.59. The normalized spacial score (nSPS) is 13.3. The summed E-state index contributed by atoms with van der Waals surface area (Å²) in [5.74, 6) is 0. The first-order valence-electron chi connectivity index (χ1n) is 9.88. The third-order valence-electron chi connectivity index (χ3n) is 5.38. The number of hydrogen-bond donors (Lipinski definition) is 0. The van der Waals surface area contributed by atoms with Crippen molar-refractivity contribution < 1.29 is 0 Å². The van der Waals surface area contributed by atoms with Crippen LogP contribution in [0.2, 0.25) is 0 Å². The summed E-state index contributed by atoms with van der Waals surface area (Å²) >= 11 is 3.65. The van der Waals surface area contributed by atoms with Crippen LogP contribution in [0, 0.1) is 0 Å². The van der Waals surface area contributed by atoms with Gasteiger partial charge in [0.25, 0.3) is 0 Å². The maximum Gasteiger partial charge on any atom is 0.0416 e. The largest absolute Gasteiger partial charge is 0.0887 e. The van der Waals surface area contributed by atoms with E-state index in [-0.39, 0.29) is 0 Å². The van der Waals surface area contributed by atoms with Crippen LogP contribution in [0.15, 0.2) is 128 Å². The van der Waals surface area contributed by atoms with Gasteiger partial charge in [-0.3, -0.25) is 0 Å². The van der Waals surface area contributed by atoms with E-state index in [0.29, 0.717) is 0 Å². The molecule has 6 rings (SSSR count). The van der Waals surface area contributed by atoms with E-state index in [1.807, 2.05) is 23.5 Å². The van der Waals surface area contributed by atoms with Crippen LogP contribution < -0.4 is 0 Å². The molecule has 0 unspecified atom stereocenters. The van der Waals surface area contributed by atoms with Gasteiger partial charge in [-0.15, -0.1) is 0 Å². The van der Waals surface area contributed by atoms with Crippen molar-refractivity contribution in [1.29, 1.82) is 0 Å². The fraction of sp³-hybridized carbons (Fsp3) is 0. The van der Waals surface area contributed by atoms with E-state index in [2.05, 4.69) is 109 Å². The molecule has 0 amide bonds. The first-order valence-corrected chi connectivity index (χ1v) is 11.5. The average Bonchev–Trinajstić information content (AvgIpc) is 2.81. The summed E-state index contributed by atoms with van der Waals surface area (Å²) in [7, 11) is 0. The number of rotatable bonds is 0. The lowest BCUT2D eigenvalue weighted by Gasteiger charge is -2.21. The zero-order valence-corrected chi connectivity index (χ0v) is 17.7. The Kier molecular flexibility index (Phi) is 4.30. The highest BCUT2D eigenvalue weighted by molar-refractivity contribution is 7.99. The van der Waals surface area contributed by atoms with Crippen LogP contribution in [-0.4, -0.2) is 0 Å². The third-order valence-corrected chi connectivity index (χ3v) is 7.68. The summed E-state index contributed by atoms with van der Waals surface area (Å²) < 4.78 is 0. The second-order valence-corrected chi connectivity index (χ2v) is 9.36. The summed E-state index contributed by atoms with van der Waals surface area (Å²) in [6.07, 6.45) is 0. The lowest BCUT2D eigenvalue weighted by atomic mass is 9.96. The molecule has 2 heteroatoms. The lowest BCUT2D eigenvalue weighted by Crippen LogP contribution is -1.98. The molecule has 0 saturated carbocycles. The second-order valence-electron chi connectivity index (χ2n) is 7.19. The van der Waals surface area contributed by atoms with Gasteiger partial charge in [0.2, 0.25) is 0 Å². The predicted molar refractivity (Wildman–Crippen MR) is 126 cm³/mol. The van der Waals surface area contributed by atoms with Gasteiger partial charge in [-0.05, 0) is 24.3 Å². The second kappa shape index (κ2) is 7.29. The quantitative estimate of drug-likeness (QED) is 0.231. The standard InChI is InChI=1S/C28H16S2/c1-5-13-25-21(9-1)19(22-10-2-6-14-26(22)29-25)17-18-20-23-11-3-7-15-27(23)30-28-16-8-4-12-24(20)28/h1-16H. The number of hydrogen-bond acceptors (Lipinski definition) is 2.